The number of pyridine rings is 1. The Kier molecular flexibility index (Phi) is 4.37. The van der Waals surface area contributed by atoms with Crippen LogP contribution >= 0.6 is 11.6 Å². The van der Waals surface area contributed by atoms with Gasteiger partial charge in [0.15, 0.2) is 0 Å². The summed E-state index contributed by atoms with van der Waals surface area (Å²) in [5, 5.41) is 2.64. The molecule has 1 aliphatic heterocycles. The number of fused-ring (bicyclic) bond motifs is 1. The molecule has 3 aromatic rings. The highest BCUT2D eigenvalue weighted by molar-refractivity contribution is 6.32. The maximum absolute atomic E-state index is 12.5. The molecule has 0 saturated carbocycles. The predicted octanol–water partition coefficient (Wildman–Crippen LogP) is 2.54. The number of hydrogen-bond acceptors (Lipinski definition) is 5. The zero-order chi connectivity index (χ0) is 19.8. The number of hydrogen-bond donors (Lipinski definition) is 2. The van der Waals surface area contributed by atoms with E-state index >= 15 is 0 Å². The predicted molar refractivity (Wildman–Crippen MR) is 104 cm³/mol. The minimum atomic E-state index is -0.627. The molecule has 2 amide bonds. The second kappa shape index (κ2) is 6.86. The fourth-order valence-corrected chi connectivity index (χ4v) is 3.24. The molecule has 7 nitrogen and oxygen atoms in total. The smallest absolute Gasteiger partial charge is 0.262 e. The molecule has 2 heterocycles. The van der Waals surface area contributed by atoms with Gasteiger partial charge in [0.2, 0.25) is 0 Å². The highest BCUT2D eigenvalue weighted by atomic mass is 35.5. The second-order valence-electron chi connectivity index (χ2n) is 6.16. The van der Waals surface area contributed by atoms with Gasteiger partial charge in [0.1, 0.15) is 18.2 Å². The van der Waals surface area contributed by atoms with Crippen molar-refractivity contribution in [1.29, 1.82) is 0 Å². The van der Waals surface area contributed by atoms with Gasteiger partial charge in [-0.15, -0.1) is 0 Å². The van der Waals surface area contributed by atoms with Crippen molar-refractivity contribution in [2.75, 3.05) is 5.73 Å². The molecule has 0 saturated heterocycles. The Labute approximate surface area is 164 Å². The van der Waals surface area contributed by atoms with Crippen LogP contribution in [0.15, 0.2) is 59.4 Å². The number of nitrogen functional groups attached to an aromatic ring is 1. The summed E-state index contributed by atoms with van der Waals surface area (Å²) < 4.78 is 6.91. The van der Waals surface area contributed by atoms with Crippen LogP contribution in [0.3, 0.4) is 0 Å². The third kappa shape index (κ3) is 3.01. The van der Waals surface area contributed by atoms with E-state index in [1.54, 1.807) is 36.4 Å². The zero-order valence-corrected chi connectivity index (χ0v) is 15.2. The number of anilines is 1. The van der Waals surface area contributed by atoms with Crippen LogP contribution in [0.5, 0.6) is 5.75 Å². The van der Waals surface area contributed by atoms with Crippen molar-refractivity contribution in [2.24, 2.45) is 0 Å². The van der Waals surface area contributed by atoms with Gasteiger partial charge in [0.25, 0.3) is 17.4 Å². The molecular weight excluding hydrogens is 382 g/mol. The number of para-hydroxylation sites is 1. The Morgan fingerprint density at radius 1 is 1.00 bits per heavy atom. The van der Waals surface area contributed by atoms with Crippen LogP contribution in [0.4, 0.5) is 5.82 Å². The molecular formula is C20H14ClN3O4. The van der Waals surface area contributed by atoms with Gasteiger partial charge in [-0.05, 0) is 29.8 Å². The summed E-state index contributed by atoms with van der Waals surface area (Å²) in [4.78, 5) is 36.3. The first-order valence-electron chi connectivity index (χ1n) is 8.33. The number of nitrogens with zero attached hydrogens (tertiary/aromatic N) is 1. The Hall–Kier alpha value is -3.58. The quantitative estimate of drug-likeness (QED) is 0.661. The average Bonchev–Trinajstić information content (AvgIpc) is 2.95. The third-order valence-electron chi connectivity index (χ3n) is 4.35. The molecule has 4 rings (SSSR count). The summed E-state index contributed by atoms with van der Waals surface area (Å²) in [6.45, 7) is 0.218. The first-order valence-corrected chi connectivity index (χ1v) is 8.71. The Bertz CT molecular complexity index is 1190. The van der Waals surface area contributed by atoms with Gasteiger partial charge in [-0.25, -0.2) is 0 Å². The van der Waals surface area contributed by atoms with E-state index in [1.165, 1.54) is 4.57 Å². The lowest BCUT2D eigenvalue weighted by Crippen LogP contribution is -2.24. The molecule has 1 aliphatic rings. The first kappa shape index (κ1) is 17.8. The number of carbonyl (C=O) groups excluding carboxylic acids is 2. The molecule has 0 radical (unpaired) electrons. The maximum Gasteiger partial charge on any atom is 0.262 e. The molecule has 0 aliphatic carbocycles. The summed E-state index contributed by atoms with van der Waals surface area (Å²) in [5.74, 6) is -0.795. The van der Waals surface area contributed by atoms with Crippen LogP contribution in [-0.4, -0.2) is 16.4 Å². The van der Waals surface area contributed by atoms with Crippen LogP contribution < -0.4 is 21.3 Å². The molecule has 0 atom stereocenters. The SMILES string of the molecule is Nc1c2c(cc(=O)n1-c1cccc(COc3ccccc3Cl)c1)C(=O)NC2=O. The van der Waals surface area contributed by atoms with Crippen molar-refractivity contribution in [2.45, 2.75) is 6.61 Å². The lowest BCUT2D eigenvalue weighted by molar-refractivity contribution is 0.0880. The normalized spacial score (nSPS) is 12.6. The summed E-state index contributed by atoms with van der Waals surface area (Å²) in [6, 6.07) is 15.2. The molecule has 0 bridgehead atoms. The van der Waals surface area contributed by atoms with Crippen LogP contribution in [-0.2, 0) is 6.61 Å². The molecule has 2 aromatic carbocycles. The number of amides is 2. The molecule has 3 N–H and O–H groups in total. The number of aromatic nitrogens is 1. The van der Waals surface area contributed by atoms with Crippen molar-refractivity contribution in [3.8, 4) is 11.4 Å². The average molecular weight is 396 g/mol. The summed E-state index contributed by atoms with van der Waals surface area (Å²) in [5.41, 5.74) is 6.76. The van der Waals surface area contributed by atoms with E-state index in [1.807, 2.05) is 12.1 Å². The van der Waals surface area contributed by atoms with Gasteiger partial charge in [0.05, 0.1) is 21.8 Å². The van der Waals surface area contributed by atoms with E-state index < -0.39 is 17.4 Å². The molecule has 1 aromatic heterocycles. The van der Waals surface area contributed by atoms with E-state index in [9.17, 15) is 14.4 Å². The van der Waals surface area contributed by atoms with Gasteiger partial charge in [-0.3, -0.25) is 24.3 Å². The molecule has 8 heteroatoms. The van der Waals surface area contributed by atoms with E-state index in [2.05, 4.69) is 5.32 Å². The zero-order valence-electron chi connectivity index (χ0n) is 14.4. The fourth-order valence-electron chi connectivity index (χ4n) is 3.05. The van der Waals surface area contributed by atoms with Gasteiger partial charge >= 0.3 is 0 Å². The highest BCUT2D eigenvalue weighted by Crippen LogP contribution is 2.25. The van der Waals surface area contributed by atoms with E-state index in [0.29, 0.717) is 16.5 Å². The van der Waals surface area contributed by atoms with Gasteiger partial charge < -0.3 is 10.5 Å². The summed E-state index contributed by atoms with van der Waals surface area (Å²) in [6.07, 6.45) is 0. The lowest BCUT2D eigenvalue weighted by atomic mass is 10.1. The Morgan fingerprint density at radius 3 is 2.57 bits per heavy atom. The largest absolute Gasteiger partial charge is 0.487 e. The molecule has 0 fully saturated rings. The number of ether oxygens (including phenoxy) is 1. The Morgan fingerprint density at radius 2 is 1.79 bits per heavy atom. The number of benzene rings is 2. The van der Waals surface area contributed by atoms with Crippen molar-refractivity contribution < 1.29 is 14.3 Å². The van der Waals surface area contributed by atoms with Gasteiger partial charge in [-0.2, -0.15) is 0 Å². The number of halogens is 1. The summed E-state index contributed by atoms with van der Waals surface area (Å²) in [7, 11) is 0. The first-order chi connectivity index (χ1) is 13.5. The monoisotopic (exact) mass is 395 g/mol. The van der Waals surface area contributed by atoms with E-state index in [0.717, 1.165) is 11.6 Å². The topological polar surface area (TPSA) is 103 Å². The third-order valence-corrected chi connectivity index (χ3v) is 4.67. The van der Waals surface area contributed by atoms with Crippen molar-refractivity contribution in [3.05, 3.63) is 86.7 Å². The molecule has 28 heavy (non-hydrogen) atoms. The van der Waals surface area contributed by atoms with Crippen molar-refractivity contribution >= 4 is 29.2 Å². The summed E-state index contributed by atoms with van der Waals surface area (Å²) >= 11 is 6.09. The van der Waals surface area contributed by atoms with E-state index in [4.69, 9.17) is 22.1 Å². The molecule has 140 valence electrons. The second-order valence-corrected chi connectivity index (χ2v) is 6.57. The van der Waals surface area contributed by atoms with E-state index in [-0.39, 0.29) is 23.6 Å². The standard InChI is InChI=1S/C20H14ClN3O4/c21-14-6-1-2-7-15(14)28-10-11-4-3-5-12(8-11)24-16(25)9-13-17(18(24)22)20(27)23-19(13)26/h1-9H,10,22H2,(H,23,26,27). The number of nitrogens with one attached hydrogen (secondary N) is 1. The number of nitrogens with two attached hydrogens (primary N) is 1. The van der Waals surface area contributed by atoms with Gasteiger partial charge in [-0.1, -0.05) is 35.9 Å². The van der Waals surface area contributed by atoms with Crippen LogP contribution in [0.2, 0.25) is 5.02 Å². The van der Waals surface area contributed by atoms with Gasteiger partial charge in [0, 0.05) is 6.07 Å². The molecule has 0 spiro atoms. The maximum atomic E-state index is 12.5. The lowest BCUT2D eigenvalue weighted by Gasteiger charge is -2.13. The highest BCUT2D eigenvalue weighted by Gasteiger charge is 2.31. The molecule has 0 unspecified atom stereocenters. The minimum Gasteiger partial charge on any atom is -0.487 e. The fraction of sp³-hybridized carbons (Fsp3) is 0.0500. The minimum absolute atomic E-state index is 0.00215. The number of rotatable bonds is 4. The van der Waals surface area contributed by atoms with Crippen molar-refractivity contribution in [1.82, 2.24) is 9.88 Å². The van der Waals surface area contributed by atoms with Crippen LogP contribution in [0.25, 0.3) is 5.69 Å². The van der Waals surface area contributed by atoms with Crippen molar-refractivity contribution in [3.63, 3.8) is 0 Å². The number of imide groups is 1. The number of carbonyl (C=O) groups is 2. The van der Waals surface area contributed by atoms with Crippen LogP contribution in [0, 0.1) is 0 Å². The van der Waals surface area contributed by atoms with Crippen LogP contribution in [0.1, 0.15) is 26.3 Å². The Balaban J connectivity index is 1.70.